The number of hydrogen-bond donors (Lipinski definition) is 2. The van der Waals surface area contributed by atoms with Crippen molar-refractivity contribution >= 4 is 29.5 Å². The Bertz CT molecular complexity index is 948. The van der Waals surface area contributed by atoms with Crippen LogP contribution in [0.3, 0.4) is 0 Å². The molecule has 3 rings (SSSR count). The van der Waals surface area contributed by atoms with Gasteiger partial charge in [0.2, 0.25) is 5.88 Å². The molecule has 140 valence electrons. The number of nitrogens with one attached hydrogen (secondary N) is 1. The Balaban J connectivity index is 1.93. The third-order valence-corrected chi connectivity index (χ3v) is 4.91. The standard InChI is InChI=1S/C18H17ClN4O3S/c1-26-16-11-13(7-9-20-16)27-17-10-12(6-8-21-18(24)25)22-23(17)15-5-3-2-4-14(15)19/h2-5,7,9-11,21H,6,8H2,1H3,(H,24,25). The lowest BCUT2D eigenvalue weighted by molar-refractivity contribution is 0.194. The molecule has 27 heavy (non-hydrogen) atoms. The first-order chi connectivity index (χ1) is 13.1. The number of hydrogen-bond acceptors (Lipinski definition) is 5. The second kappa shape index (κ2) is 8.79. The van der Waals surface area contributed by atoms with E-state index >= 15 is 0 Å². The molecule has 0 saturated heterocycles. The summed E-state index contributed by atoms with van der Waals surface area (Å²) in [7, 11) is 1.57. The molecular formula is C18H17ClN4O3S. The first-order valence-electron chi connectivity index (χ1n) is 8.05. The Morgan fingerprint density at radius 1 is 1.33 bits per heavy atom. The van der Waals surface area contributed by atoms with Crippen LogP contribution in [-0.2, 0) is 6.42 Å². The summed E-state index contributed by atoms with van der Waals surface area (Å²) in [5.74, 6) is 0.523. The van der Waals surface area contributed by atoms with Crippen LogP contribution in [0, 0.1) is 0 Å². The van der Waals surface area contributed by atoms with Crippen molar-refractivity contribution in [2.24, 2.45) is 0 Å². The van der Waals surface area contributed by atoms with Crippen molar-refractivity contribution < 1.29 is 14.6 Å². The van der Waals surface area contributed by atoms with E-state index in [1.54, 1.807) is 24.1 Å². The van der Waals surface area contributed by atoms with Gasteiger partial charge in [-0.2, -0.15) is 5.10 Å². The highest BCUT2D eigenvalue weighted by Gasteiger charge is 2.14. The number of aromatic nitrogens is 3. The molecule has 2 heterocycles. The normalized spacial score (nSPS) is 10.6. The van der Waals surface area contributed by atoms with E-state index in [0.717, 1.165) is 21.3 Å². The van der Waals surface area contributed by atoms with Crippen molar-refractivity contribution in [1.82, 2.24) is 20.1 Å². The third-order valence-electron chi connectivity index (χ3n) is 3.60. The van der Waals surface area contributed by atoms with E-state index in [4.69, 9.17) is 21.4 Å². The van der Waals surface area contributed by atoms with Crippen LogP contribution in [0.1, 0.15) is 5.69 Å². The lowest BCUT2D eigenvalue weighted by Gasteiger charge is -2.09. The van der Waals surface area contributed by atoms with E-state index in [9.17, 15) is 4.79 Å². The number of methoxy groups -OCH3 is 1. The van der Waals surface area contributed by atoms with Gasteiger partial charge < -0.3 is 15.2 Å². The summed E-state index contributed by atoms with van der Waals surface area (Å²) in [6.45, 7) is 0.280. The first kappa shape index (κ1) is 19.1. The largest absolute Gasteiger partial charge is 0.481 e. The average molecular weight is 405 g/mol. The topological polar surface area (TPSA) is 89.3 Å². The van der Waals surface area contributed by atoms with Crippen LogP contribution in [0.5, 0.6) is 5.88 Å². The molecule has 2 aromatic heterocycles. The van der Waals surface area contributed by atoms with Gasteiger partial charge >= 0.3 is 6.09 Å². The molecule has 0 aliphatic rings. The van der Waals surface area contributed by atoms with Gasteiger partial charge in [-0.15, -0.1) is 0 Å². The van der Waals surface area contributed by atoms with Crippen LogP contribution < -0.4 is 10.1 Å². The van der Waals surface area contributed by atoms with Gasteiger partial charge in [-0.05, 0) is 24.3 Å². The van der Waals surface area contributed by atoms with E-state index in [1.807, 2.05) is 36.4 Å². The molecule has 1 aromatic carbocycles. The summed E-state index contributed by atoms with van der Waals surface area (Å²) >= 11 is 7.84. The minimum atomic E-state index is -1.06. The number of nitrogens with zero attached hydrogens (tertiary/aromatic N) is 3. The zero-order valence-electron chi connectivity index (χ0n) is 14.4. The number of para-hydroxylation sites is 1. The van der Waals surface area contributed by atoms with E-state index in [0.29, 0.717) is 17.3 Å². The van der Waals surface area contributed by atoms with E-state index in [1.165, 1.54) is 11.8 Å². The molecule has 7 nitrogen and oxygen atoms in total. The Labute approximate surface area is 165 Å². The Morgan fingerprint density at radius 2 is 2.15 bits per heavy atom. The first-order valence-corrected chi connectivity index (χ1v) is 9.25. The van der Waals surface area contributed by atoms with Gasteiger partial charge in [-0.25, -0.2) is 14.5 Å². The molecule has 0 saturated carbocycles. The number of benzene rings is 1. The number of amides is 1. The molecule has 0 bridgehead atoms. The van der Waals surface area contributed by atoms with Gasteiger partial charge in [0.15, 0.2) is 0 Å². The van der Waals surface area contributed by atoms with Crippen molar-refractivity contribution in [2.75, 3.05) is 13.7 Å². The Hall–Kier alpha value is -2.71. The fourth-order valence-corrected chi connectivity index (χ4v) is 3.55. The summed E-state index contributed by atoms with van der Waals surface area (Å²) in [4.78, 5) is 15.7. The van der Waals surface area contributed by atoms with Crippen molar-refractivity contribution in [3.8, 4) is 11.6 Å². The molecule has 3 aromatic rings. The highest BCUT2D eigenvalue weighted by molar-refractivity contribution is 7.99. The fraction of sp³-hybridized carbons (Fsp3) is 0.167. The second-order valence-electron chi connectivity index (χ2n) is 5.46. The van der Waals surface area contributed by atoms with Crippen molar-refractivity contribution in [1.29, 1.82) is 0 Å². The monoisotopic (exact) mass is 404 g/mol. The number of carboxylic acid groups (broad SMARTS) is 1. The third kappa shape index (κ3) is 4.93. The van der Waals surface area contributed by atoms with Crippen LogP contribution in [-0.4, -0.2) is 39.6 Å². The minimum Gasteiger partial charge on any atom is -0.481 e. The van der Waals surface area contributed by atoms with Crippen LogP contribution in [0.2, 0.25) is 5.02 Å². The highest BCUT2D eigenvalue weighted by atomic mass is 35.5. The maximum Gasteiger partial charge on any atom is 0.404 e. The van der Waals surface area contributed by atoms with E-state index in [-0.39, 0.29) is 6.54 Å². The molecule has 1 amide bonds. The van der Waals surface area contributed by atoms with Gasteiger partial charge in [0.1, 0.15) is 5.03 Å². The van der Waals surface area contributed by atoms with Gasteiger partial charge in [-0.3, -0.25) is 0 Å². The van der Waals surface area contributed by atoms with Gasteiger partial charge in [-0.1, -0.05) is 35.5 Å². The predicted octanol–water partition coefficient (Wildman–Crippen LogP) is 3.89. The number of carbonyl (C=O) groups is 1. The smallest absolute Gasteiger partial charge is 0.404 e. The van der Waals surface area contributed by atoms with E-state index < -0.39 is 6.09 Å². The lowest BCUT2D eigenvalue weighted by Crippen LogP contribution is -2.23. The molecular weight excluding hydrogens is 388 g/mol. The van der Waals surface area contributed by atoms with Crippen LogP contribution in [0.4, 0.5) is 4.79 Å². The molecule has 0 aliphatic carbocycles. The summed E-state index contributed by atoms with van der Waals surface area (Å²) in [5, 5.41) is 17.1. The maximum absolute atomic E-state index is 10.7. The maximum atomic E-state index is 10.7. The minimum absolute atomic E-state index is 0.280. The second-order valence-corrected chi connectivity index (χ2v) is 6.96. The summed E-state index contributed by atoms with van der Waals surface area (Å²) in [6, 6.07) is 13.1. The van der Waals surface area contributed by atoms with Crippen LogP contribution in [0.15, 0.2) is 58.6 Å². The summed E-state index contributed by atoms with van der Waals surface area (Å²) in [6.07, 6.45) is 1.09. The van der Waals surface area contributed by atoms with Gasteiger partial charge in [0, 0.05) is 30.1 Å². The number of halogens is 1. The summed E-state index contributed by atoms with van der Waals surface area (Å²) in [5.41, 5.74) is 1.51. The number of rotatable bonds is 7. The number of pyridine rings is 1. The van der Waals surface area contributed by atoms with Crippen LogP contribution in [0.25, 0.3) is 5.69 Å². The molecule has 0 spiro atoms. The van der Waals surface area contributed by atoms with Crippen molar-refractivity contribution in [3.63, 3.8) is 0 Å². The van der Waals surface area contributed by atoms with Gasteiger partial charge in [0.05, 0.1) is 23.5 Å². The molecule has 0 fully saturated rings. The molecule has 0 aliphatic heterocycles. The number of ether oxygens (including phenoxy) is 1. The van der Waals surface area contributed by atoms with Gasteiger partial charge in [0.25, 0.3) is 0 Å². The van der Waals surface area contributed by atoms with E-state index in [2.05, 4.69) is 15.4 Å². The molecule has 2 N–H and O–H groups in total. The van der Waals surface area contributed by atoms with Crippen LogP contribution >= 0.6 is 23.4 Å². The van der Waals surface area contributed by atoms with Crippen molar-refractivity contribution in [3.05, 3.63) is 59.4 Å². The molecule has 0 atom stereocenters. The summed E-state index contributed by atoms with van der Waals surface area (Å²) < 4.78 is 6.94. The fourth-order valence-electron chi connectivity index (χ4n) is 2.39. The Kier molecular flexibility index (Phi) is 6.20. The predicted molar refractivity (Wildman–Crippen MR) is 103 cm³/mol. The Morgan fingerprint density at radius 3 is 2.89 bits per heavy atom. The molecule has 0 unspecified atom stereocenters. The average Bonchev–Trinajstić information content (AvgIpc) is 3.04. The zero-order valence-corrected chi connectivity index (χ0v) is 16.0. The lowest BCUT2D eigenvalue weighted by atomic mass is 10.3. The SMILES string of the molecule is COc1cc(Sc2cc(CCNC(=O)O)nn2-c2ccccc2Cl)ccn1. The molecule has 9 heteroatoms. The molecule has 0 radical (unpaired) electrons. The van der Waals surface area contributed by atoms with Crippen molar-refractivity contribution in [2.45, 2.75) is 16.3 Å². The highest BCUT2D eigenvalue weighted by Crippen LogP contribution is 2.33. The zero-order chi connectivity index (χ0) is 19.2. The quantitative estimate of drug-likeness (QED) is 0.621.